The van der Waals surface area contributed by atoms with Gasteiger partial charge in [0.2, 0.25) is 0 Å². The molecule has 0 unspecified atom stereocenters. The third kappa shape index (κ3) is 66.5. The van der Waals surface area contributed by atoms with E-state index in [0.29, 0.717) is 19.3 Å². The van der Waals surface area contributed by atoms with Crippen molar-refractivity contribution in [2.45, 2.75) is 387 Å². The Hall–Kier alpha value is -1.63. The van der Waals surface area contributed by atoms with Crippen LogP contribution in [0.4, 0.5) is 0 Å². The average molecular weight is 1050 g/mol. The van der Waals surface area contributed by atoms with E-state index < -0.39 is 6.10 Å². The first-order chi connectivity index (χ1) is 36.4. The van der Waals surface area contributed by atoms with Crippen LogP contribution in [0.1, 0.15) is 381 Å². The van der Waals surface area contributed by atoms with Crippen LogP contribution in [0.25, 0.3) is 0 Å². The minimum Gasteiger partial charge on any atom is -0.462 e. The standard InChI is InChI=1S/C57H110O6.C10H22O/c1-4-7-10-13-16-19-22-25-28-31-34-37-40-43-46-49-55(58)61-52-54(63-57(60)51-48-45-42-39-36-33-30-27-24-21-18-15-12-9-6-3)53-62-56(59)50-47-44-41-38-35-32-29-26-23-20-17-14-11-8-5-2;1-3-5-7-9-11-10-8-6-4-2/h54H,4-53H2,1-3H3;3-10H2,1-2H3. The molecule has 0 spiro atoms. The molecular weight excluding hydrogens is 917 g/mol. The molecule has 442 valence electrons. The first-order valence-electron chi connectivity index (χ1n) is 33.5. The Balaban J connectivity index is 0. The Morgan fingerprint density at radius 3 is 0.662 bits per heavy atom. The van der Waals surface area contributed by atoms with Crippen molar-refractivity contribution in [3.05, 3.63) is 0 Å². The second-order valence-corrected chi connectivity index (χ2v) is 22.6. The third-order valence-corrected chi connectivity index (χ3v) is 14.9. The van der Waals surface area contributed by atoms with Crippen molar-refractivity contribution in [1.82, 2.24) is 0 Å². The molecule has 0 aromatic heterocycles. The molecule has 0 aliphatic heterocycles. The minimum absolute atomic E-state index is 0.0611. The Bertz CT molecular complexity index is 1020. The van der Waals surface area contributed by atoms with E-state index in [2.05, 4.69) is 34.6 Å². The van der Waals surface area contributed by atoms with Crippen molar-refractivity contribution in [3.8, 4) is 0 Å². The van der Waals surface area contributed by atoms with Crippen molar-refractivity contribution in [3.63, 3.8) is 0 Å². The van der Waals surface area contributed by atoms with Crippen LogP contribution in [0.3, 0.4) is 0 Å². The molecule has 0 rings (SSSR count). The lowest BCUT2D eigenvalue weighted by molar-refractivity contribution is -0.167. The van der Waals surface area contributed by atoms with Crippen LogP contribution in [-0.4, -0.2) is 50.4 Å². The molecule has 0 aliphatic carbocycles. The Morgan fingerprint density at radius 1 is 0.243 bits per heavy atom. The molecule has 0 heterocycles. The Morgan fingerprint density at radius 2 is 0.432 bits per heavy atom. The van der Waals surface area contributed by atoms with Gasteiger partial charge in [-0.3, -0.25) is 14.4 Å². The van der Waals surface area contributed by atoms with E-state index in [1.807, 2.05) is 0 Å². The smallest absolute Gasteiger partial charge is 0.306 e. The van der Waals surface area contributed by atoms with E-state index in [-0.39, 0.29) is 31.1 Å². The van der Waals surface area contributed by atoms with Gasteiger partial charge in [0.15, 0.2) is 6.10 Å². The summed E-state index contributed by atoms with van der Waals surface area (Å²) in [4.78, 5) is 38.1. The highest BCUT2D eigenvalue weighted by Gasteiger charge is 2.19. The molecule has 0 atom stereocenters. The summed E-state index contributed by atoms with van der Waals surface area (Å²) in [6.45, 7) is 13.1. The maximum absolute atomic E-state index is 12.8. The molecule has 0 fully saturated rings. The van der Waals surface area contributed by atoms with Crippen LogP contribution < -0.4 is 0 Å². The van der Waals surface area contributed by atoms with E-state index in [9.17, 15) is 14.4 Å². The molecule has 0 aromatic carbocycles. The van der Waals surface area contributed by atoms with Crippen molar-refractivity contribution in [2.24, 2.45) is 0 Å². The summed E-state index contributed by atoms with van der Waals surface area (Å²) in [7, 11) is 0. The summed E-state index contributed by atoms with van der Waals surface area (Å²) in [5.41, 5.74) is 0. The van der Waals surface area contributed by atoms with E-state index in [4.69, 9.17) is 18.9 Å². The average Bonchev–Trinajstić information content (AvgIpc) is 3.40. The first kappa shape index (κ1) is 74.4. The van der Waals surface area contributed by atoms with Crippen LogP contribution in [0.15, 0.2) is 0 Å². The highest BCUT2D eigenvalue weighted by molar-refractivity contribution is 5.71. The number of hydrogen-bond donors (Lipinski definition) is 0. The van der Waals surface area contributed by atoms with Gasteiger partial charge < -0.3 is 18.9 Å². The Kier molecular flexibility index (Phi) is 67.9. The topological polar surface area (TPSA) is 88.1 Å². The molecule has 0 saturated carbocycles. The maximum Gasteiger partial charge on any atom is 0.306 e. The third-order valence-electron chi connectivity index (χ3n) is 14.9. The second-order valence-electron chi connectivity index (χ2n) is 22.6. The van der Waals surface area contributed by atoms with Gasteiger partial charge in [0, 0.05) is 32.5 Å². The summed E-state index contributed by atoms with van der Waals surface area (Å²) in [5.74, 6) is -0.832. The van der Waals surface area contributed by atoms with Crippen LogP contribution in [-0.2, 0) is 33.3 Å². The van der Waals surface area contributed by atoms with Crippen LogP contribution in [0.5, 0.6) is 0 Å². The zero-order valence-corrected chi connectivity index (χ0v) is 50.9. The summed E-state index contributed by atoms with van der Waals surface area (Å²) in [6, 6.07) is 0. The molecule has 0 saturated heterocycles. The second kappa shape index (κ2) is 67.5. The highest BCUT2D eigenvalue weighted by atomic mass is 16.6. The summed E-state index contributed by atoms with van der Waals surface area (Å²) >= 11 is 0. The summed E-state index contributed by atoms with van der Waals surface area (Å²) in [5, 5.41) is 0. The van der Waals surface area contributed by atoms with Crippen molar-refractivity contribution in [1.29, 1.82) is 0 Å². The fourth-order valence-corrected chi connectivity index (χ4v) is 9.81. The number of rotatable bonds is 61. The zero-order chi connectivity index (χ0) is 54.2. The van der Waals surface area contributed by atoms with Gasteiger partial charge in [0.05, 0.1) is 0 Å². The number of ether oxygens (including phenoxy) is 4. The van der Waals surface area contributed by atoms with E-state index in [1.54, 1.807) is 0 Å². The van der Waals surface area contributed by atoms with Gasteiger partial charge in [-0.15, -0.1) is 0 Å². The maximum atomic E-state index is 12.8. The number of carbonyl (C=O) groups excluding carboxylic acids is 3. The predicted molar refractivity (Wildman–Crippen MR) is 320 cm³/mol. The van der Waals surface area contributed by atoms with E-state index >= 15 is 0 Å². The first-order valence-corrected chi connectivity index (χ1v) is 33.5. The van der Waals surface area contributed by atoms with Crippen LogP contribution in [0.2, 0.25) is 0 Å². The molecule has 0 radical (unpaired) electrons. The summed E-state index contributed by atoms with van der Waals surface area (Å²) in [6.07, 6.45) is 65.7. The van der Waals surface area contributed by atoms with Crippen molar-refractivity contribution >= 4 is 17.9 Å². The molecule has 74 heavy (non-hydrogen) atoms. The number of esters is 3. The van der Waals surface area contributed by atoms with E-state index in [1.165, 1.54) is 270 Å². The van der Waals surface area contributed by atoms with Crippen molar-refractivity contribution in [2.75, 3.05) is 26.4 Å². The lowest BCUT2D eigenvalue weighted by Crippen LogP contribution is -2.30. The molecule has 0 bridgehead atoms. The SMILES string of the molecule is CCCCCCCCCCCCCCCCCC(=O)OCC(COC(=O)CCCCCCCCCCCCCCCCC)OC(=O)CCCCCCCCCCCCCCCCC.CCCCCOCCCCC. The van der Waals surface area contributed by atoms with Gasteiger partial charge in [-0.05, 0) is 32.1 Å². The normalized spacial score (nSPS) is 11.3. The van der Waals surface area contributed by atoms with Crippen molar-refractivity contribution < 1.29 is 33.3 Å². The highest BCUT2D eigenvalue weighted by Crippen LogP contribution is 2.18. The zero-order valence-electron chi connectivity index (χ0n) is 50.9. The number of hydrogen-bond acceptors (Lipinski definition) is 7. The fourth-order valence-electron chi connectivity index (χ4n) is 9.81. The van der Waals surface area contributed by atoms with Crippen LogP contribution in [0, 0.1) is 0 Å². The van der Waals surface area contributed by atoms with E-state index in [0.717, 1.165) is 71.0 Å². The molecule has 7 heteroatoms. The van der Waals surface area contributed by atoms with Crippen LogP contribution >= 0.6 is 0 Å². The quantitative estimate of drug-likeness (QED) is 0.0341. The van der Waals surface area contributed by atoms with Gasteiger partial charge in [0.25, 0.3) is 0 Å². The molecule has 0 aliphatic rings. The predicted octanol–water partition coefficient (Wildman–Crippen LogP) is 22.2. The lowest BCUT2D eigenvalue weighted by atomic mass is 10.0. The number of carbonyl (C=O) groups is 3. The molecule has 0 aromatic rings. The van der Waals surface area contributed by atoms with Gasteiger partial charge in [-0.1, -0.05) is 330 Å². The Labute approximate surface area is 463 Å². The van der Waals surface area contributed by atoms with Gasteiger partial charge >= 0.3 is 17.9 Å². The molecule has 7 nitrogen and oxygen atoms in total. The number of unbranched alkanes of at least 4 members (excludes halogenated alkanes) is 46. The lowest BCUT2D eigenvalue weighted by Gasteiger charge is -2.18. The van der Waals surface area contributed by atoms with Gasteiger partial charge in [-0.2, -0.15) is 0 Å². The van der Waals surface area contributed by atoms with Gasteiger partial charge in [-0.25, -0.2) is 0 Å². The molecule has 0 amide bonds. The summed E-state index contributed by atoms with van der Waals surface area (Å²) < 4.78 is 22.3. The molecule has 0 N–H and O–H groups in total. The fraction of sp³-hybridized carbons (Fsp3) is 0.955. The monoisotopic (exact) mass is 1050 g/mol. The minimum atomic E-state index is -0.760. The molecular formula is C67H132O7. The largest absolute Gasteiger partial charge is 0.462 e. The van der Waals surface area contributed by atoms with Gasteiger partial charge in [0.1, 0.15) is 13.2 Å².